The lowest BCUT2D eigenvalue weighted by atomic mass is 10.2. The maximum absolute atomic E-state index is 12.5. The molecular weight excluding hydrogens is 366 g/mol. The Morgan fingerprint density at radius 1 is 1.04 bits per heavy atom. The summed E-state index contributed by atoms with van der Waals surface area (Å²) >= 11 is 1.48. The number of benzene rings is 2. The number of carbonyl (C=O) groups is 1. The monoisotopic (exact) mass is 389 g/mol. The van der Waals surface area contributed by atoms with Gasteiger partial charge in [0, 0.05) is 18.5 Å². The molecular formula is C20H23NO5S. The predicted molar refractivity (Wildman–Crippen MR) is 104 cm³/mol. The van der Waals surface area contributed by atoms with Crippen LogP contribution in [0.25, 0.3) is 0 Å². The van der Waals surface area contributed by atoms with Crippen molar-refractivity contribution < 1.29 is 23.7 Å². The lowest BCUT2D eigenvalue weighted by molar-refractivity contribution is -0.127. The van der Waals surface area contributed by atoms with Crippen molar-refractivity contribution in [1.82, 2.24) is 4.90 Å². The molecule has 2 aromatic carbocycles. The van der Waals surface area contributed by atoms with Gasteiger partial charge in [-0.25, -0.2) is 0 Å². The largest absolute Gasteiger partial charge is 0.493 e. The summed E-state index contributed by atoms with van der Waals surface area (Å²) in [6.45, 7) is 1.62. The molecule has 3 rings (SSSR count). The van der Waals surface area contributed by atoms with Crippen LogP contribution in [0.1, 0.15) is 5.56 Å². The van der Waals surface area contributed by atoms with Crippen molar-refractivity contribution in [2.24, 2.45) is 0 Å². The summed E-state index contributed by atoms with van der Waals surface area (Å²) in [5.74, 6) is 3.21. The summed E-state index contributed by atoms with van der Waals surface area (Å²) in [6.07, 6.45) is 0. The standard InChI is InChI=1S/C20H23NO5S/c1-21(12-14-4-6-16(23-2)18(10-14)24-3)20(22)13-27-15-5-7-17-19(11-15)26-9-8-25-17/h4-7,10-11H,8-9,12-13H2,1-3H3. The van der Waals surface area contributed by atoms with Crippen LogP contribution in [-0.2, 0) is 11.3 Å². The summed E-state index contributed by atoms with van der Waals surface area (Å²) in [6, 6.07) is 11.4. The molecule has 0 aromatic heterocycles. The van der Waals surface area contributed by atoms with E-state index in [0.29, 0.717) is 37.0 Å². The molecule has 2 aromatic rings. The minimum absolute atomic E-state index is 0.0460. The van der Waals surface area contributed by atoms with Crippen LogP contribution < -0.4 is 18.9 Å². The van der Waals surface area contributed by atoms with Gasteiger partial charge in [-0.2, -0.15) is 0 Å². The summed E-state index contributed by atoms with van der Waals surface area (Å²) in [7, 11) is 4.99. The van der Waals surface area contributed by atoms with E-state index in [2.05, 4.69) is 0 Å². The fourth-order valence-electron chi connectivity index (χ4n) is 2.71. The van der Waals surface area contributed by atoms with E-state index >= 15 is 0 Å². The molecule has 0 spiro atoms. The number of amides is 1. The molecule has 1 heterocycles. The van der Waals surface area contributed by atoms with Crippen LogP contribution in [0.3, 0.4) is 0 Å². The number of hydrogen-bond donors (Lipinski definition) is 0. The summed E-state index contributed by atoms with van der Waals surface area (Å²) in [4.78, 5) is 15.2. The summed E-state index contributed by atoms with van der Waals surface area (Å²) in [5.41, 5.74) is 0.979. The number of nitrogens with zero attached hydrogens (tertiary/aromatic N) is 1. The first-order valence-corrected chi connectivity index (χ1v) is 9.56. The highest BCUT2D eigenvalue weighted by Crippen LogP contribution is 2.34. The van der Waals surface area contributed by atoms with Crippen LogP contribution in [0.2, 0.25) is 0 Å². The number of fused-ring (bicyclic) bond motifs is 1. The highest BCUT2D eigenvalue weighted by Gasteiger charge is 2.15. The second-order valence-corrected chi connectivity index (χ2v) is 7.08. The van der Waals surface area contributed by atoms with Gasteiger partial charge < -0.3 is 23.8 Å². The molecule has 0 fully saturated rings. The molecule has 1 aliphatic rings. The average molecular weight is 389 g/mol. The van der Waals surface area contributed by atoms with Gasteiger partial charge in [-0.1, -0.05) is 6.07 Å². The molecule has 0 saturated heterocycles. The quantitative estimate of drug-likeness (QED) is 0.678. The molecule has 0 radical (unpaired) electrons. The van der Waals surface area contributed by atoms with Gasteiger partial charge in [-0.3, -0.25) is 4.79 Å². The van der Waals surface area contributed by atoms with E-state index in [4.69, 9.17) is 18.9 Å². The summed E-state index contributed by atoms with van der Waals surface area (Å²) in [5, 5.41) is 0. The molecule has 0 aliphatic carbocycles. The van der Waals surface area contributed by atoms with Crippen molar-refractivity contribution in [3.8, 4) is 23.0 Å². The molecule has 1 amide bonds. The predicted octanol–water partition coefficient (Wildman–Crippen LogP) is 3.23. The number of hydrogen-bond acceptors (Lipinski definition) is 6. The molecule has 1 aliphatic heterocycles. The van der Waals surface area contributed by atoms with E-state index in [1.165, 1.54) is 11.8 Å². The van der Waals surface area contributed by atoms with Crippen molar-refractivity contribution in [2.75, 3.05) is 40.2 Å². The second kappa shape index (κ2) is 8.90. The van der Waals surface area contributed by atoms with Crippen LogP contribution in [0.5, 0.6) is 23.0 Å². The van der Waals surface area contributed by atoms with Crippen LogP contribution in [-0.4, -0.2) is 51.0 Å². The Kier molecular flexibility index (Phi) is 6.34. The van der Waals surface area contributed by atoms with Crippen molar-refractivity contribution in [1.29, 1.82) is 0 Å². The Labute approximate surface area is 163 Å². The minimum atomic E-state index is 0.0460. The highest BCUT2D eigenvalue weighted by molar-refractivity contribution is 8.00. The normalized spacial score (nSPS) is 12.4. The topological polar surface area (TPSA) is 57.2 Å². The van der Waals surface area contributed by atoms with E-state index < -0.39 is 0 Å². The van der Waals surface area contributed by atoms with E-state index in [-0.39, 0.29) is 5.91 Å². The Bertz CT molecular complexity index is 811. The summed E-state index contributed by atoms with van der Waals surface area (Å²) < 4.78 is 21.7. The Balaban J connectivity index is 1.56. The Hall–Kier alpha value is -2.54. The first-order chi connectivity index (χ1) is 13.1. The van der Waals surface area contributed by atoms with Gasteiger partial charge in [0.15, 0.2) is 23.0 Å². The number of carbonyl (C=O) groups excluding carboxylic acids is 1. The van der Waals surface area contributed by atoms with Gasteiger partial charge in [-0.15, -0.1) is 11.8 Å². The van der Waals surface area contributed by atoms with Crippen LogP contribution >= 0.6 is 11.8 Å². The average Bonchev–Trinajstić information content (AvgIpc) is 2.71. The van der Waals surface area contributed by atoms with E-state index in [1.54, 1.807) is 26.2 Å². The van der Waals surface area contributed by atoms with Gasteiger partial charge in [0.05, 0.1) is 20.0 Å². The number of ether oxygens (including phenoxy) is 4. The zero-order valence-corrected chi connectivity index (χ0v) is 16.5. The fraction of sp³-hybridized carbons (Fsp3) is 0.350. The smallest absolute Gasteiger partial charge is 0.232 e. The molecule has 144 valence electrons. The third-order valence-corrected chi connectivity index (χ3v) is 5.15. The van der Waals surface area contributed by atoms with E-state index in [1.807, 2.05) is 36.4 Å². The molecule has 27 heavy (non-hydrogen) atoms. The van der Waals surface area contributed by atoms with Crippen molar-refractivity contribution in [3.05, 3.63) is 42.0 Å². The highest BCUT2D eigenvalue weighted by atomic mass is 32.2. The van der Waals surface area contributed by atoms with Gasteiger partial charge in [0.2, 0.25) is 5.91 Å². The van der Waals surface area contributed by atoms with Gasteiger partial charge >= 0.3 is 0 Å². The molecule has 0 bridgehead atoms. The van der Waals surface area contributed by atoms with Crippen LogP contribution in [0.15, 0.2) is 41.3 Å². The van der Waals surface area contributed by atoms with Crippen molar-refractivity contribution >= 4 is 17.7 Å². The first-order valence-electron chi connectivity index (χ1n) is 8.58. The third-order valence-electron chi connectivity index (χ3n) is 4.17. The molecule has 0 atom stereocenters. The van der Waals surface area contributed by atoms with Gasteiger partial charge in [0.1, 0.15) is 13.2 Å². The lowest BCUT2D eigenvalue weighted by Gasteiger charge is -2.20. The van der Waals surface area contributed by atoms with E-state index in [9.17, 15) is 4.79 Å². The van der Waals surface area contributed by atoms with E-state index in [0.717, 1.165) is 22.0 Å². The molecule has 6 nitrogen and oxygen atoms in total. The lowest BCUT2D eigenvalue weighted by Crippen LogP contribution is -2.27. The Morgan fingerprint density at radius 3 is 2.52 bits per heavy atom. The molecule has 0 unspecified atom stereocenters. The van der Waals surface area contributed by atoms with Crippen LogP contribution in [0.4, 0.5) is 0 Å². The van der Waals surface area contributed by atoms with Crippen LogP contribution in [0, 0.1) is 0 Å². The zero-order valence-electron chi connectivity index (χ0n) is 15.7. The Morgan fingerprint density at radius 2 is 1.78 bits per heavy atom. The second-order valence-electron chi connectivity index (χ2n) is 6.03. The maximum atomic E-state index is 12.5. The fourth-order valence-corrected chi connectivity index (χ4v) is 3.57. The van der Waals surface area contributed by atoms with Crippen molar-refractivity contribution in [2.45, 2.75) is 11.4 Å². The zero-order chi connectivity index (χ0) is 19.2. The third kappa shape index (κ3) is 4.80. The minimum Gasteiger partial charge on any atom is -0.493 e. The molecule has 7 heteroatoms. The number of rotatable bonds is 7. The SMILES string of the molecule is COc1ccc(CN(C)C(=O)CSc2ccc3c(c2)OCCO3)cc1OC. The van der Waals surface area contributed by atoms with Gasteiger partial charge in [0.25, 0.3) is 0 Å². The maximum Gasteiger partial charge on any atom is 0.232 e. The first kappa shape index (κ1) is 19.2. The van der Waals surface area contributed by atoms with Crippen molar-refractivity contribution in [3.63, 3.8) is 0 Å². The number of thioether (sulfide) groups is 1. The number of methoxy groups -OCH3 is 2. The van der Waals surface area contributed by atoms with Gasteiger partial charge in [-0.05, 0) is 35.9 Å². The molecule has 0 N–H and O–H groups in total. The molecule has 0 saturated carbocycles.